The summed E-state index contributed by atoms with van der Waals surface area (Å²) in [5.74, 6) is -1.29. The van der Waals surface area contributed by atoms with E-state index in [0.717, 1.165) is 30.0 Å². The molecule has 184 valence electrons. The van der Waals surface area contributed by atoms with E-state index >= 15 is 0 Å². The van der Waals surface area contributed by atoms with Crippen LogP contribution in [0, 0.1) is 23.0 Å². The van der Waals surface area contributed by atoms with Crippen molar-refractivity contribution in [1.29, 1.82) is 5.26 Å². The lowest BCUT2D eigenvalue weighted by Gasteiger charge is -2.46. The summed E-state index contributed by atoms with van der Waals surface area (Å²) >= 11 is 0. The maximum atomic E-state index is 14.7. The molecule has 6 rings (SSSR count). The van der Waals surface area contributed by atoms with E-state index in [0.29, 0.717) is 38.6 Å². The predicted octanol–water partition coefficient (Wildman–Crippen LogP) is 1.52. The molecule has 2 fully saturated rings. The van der Waals surface area contributed by atoms with Gasteiger partial charge in [0.25, 0.3) is 0 Å². The van der Waals surface area contributed by atoms with Gasteiger partial charge in [0.05, 0.1) is 24.7 Å². The fourth-order valence-electron chi connectivity index (χ4n) is 5.44. The minimum absolute atomic E-state index is 0.0147. The molecule has 1 aliphatic carbocycles. The summed E-state index contributed by atoms with van der Waals surface area (Å²) in [6, 6.07) is 5.94. The third-order valence-electron chi connectivity index (χ3n) is 7.36. The zero-order valence-corrected chi connectivity index (χ0v) is 19.2. The van der Waals surface area contributed by atoms with Crippen molar-refractivity contribution in [3.8, 4) is 11.9 Å². The monoisotopic (exact) mass is 492 g/mol. The lowest BCUT2D eigenvalue weighted by Crippen LogP contribution is -2.60. The van der Waals surface area contributed by atoms with Crippen molar-refractivity contribution in [3.05, 3.63) is 64.6 Å². The van der Waals surface area contributed by atoms with Crippen LogP contribution in [0.5, 0.6) is 0 Å². The molecular weight excluding hydrogens is 470 g/mol. The number of aromatic nitrogens is 5. The lowest BCUT2D eigenvalue weighted by molar-refractivity contribution is -0.141. The number of aryl methyl sites for hydroxylation is 1. The third kappa shape index (κ3) is 3.81. The van der Waals surface area contributed by atoms with E-state index in [4.69, 9.17) is 10.00 Å². The number of piperazine rings is 1. The highest BCUT2D eigenvalue weighted by Gasteiger charge is 2.39. The van der Waals surface area contributed by atoms with E-state index < -0.39 is 23.3 Å². The lowest BCUT2D eigenvalue weighted by atomic mass is 9.98. The molecule has 36 heavy (non-hydrogen) atoms. The second kappa shape index (κ2) is 9.00. The molecule has 0 spiro atoms. The molecule has 3 aromatic rings. The van der Waals surface area contributed by atoms with Gasteiger partial charge in [0.2, 0.25) is 5.91 Å². The molecule has 2 aliphatic heterocycles. The predicted molar refractivity (Wildman–Crippen MR) is 120 cm³/mol. The number of tetrazole rings is 1. The largest absolute Gasteiger partial charge is 0.370 e. The fourth-order valence-corrected chi connectivity index (χ4v) is 5.44. The Bertz CT molecular complexity index is 1360. The summed E-state index contributed by atoms with van der Waals surface area (Å²) in [6.07, 6.45) is 4.14. The van der Waals surface area contributed by atoms with Crippen LogP contribution in [0.15, 0.2) is 30.7 Å². The van der Waals surface area contributed by atoms with Crippen LogP contribution in [0.3, 0.4) is 0 Å². The molecule has 1 aromatic carbocycles. The highest BCUT2D eigenvalue weighted by atomic mass is 19.1. The molecular formula is C24H22F2N8O2. The molecule has 10 nitrogen and oxygen atoms in total. The van der Waals surface area contributed by atoms with E-state index in [9.17, 15) is 13.6 Å². The average molecular weight is 492 g/mol. The van der Waals surface area contributed by atoms with Gasteiger partial charge in [0.15, 0.2) is 5.82 Å². The summed E-state index contributed by atoms with van der Waals surface area (Å²) in [6.45, 7) is 2.42. The van der Waals surface area contributed by atoms with Gasteiger partial charge in [-0.2, -0.15) is 9.94 Å². The van der Waals surface area contributed by atoms with Gasteiger partial charge in [-0.3, -0.25) is 9.69 Å². The first-order valence-corrected chi connectivity index (χ1v) is 11.8. The Hall–Kier alpha value is -3.82. The van der Waals surface area contributed by atoms with Crippen molar-refractivity contribution in [3.63, 3.8) is 0 Å². The Morgan fingerprint density at radius 2 is 2.08 bits per heavy atom. The topological polar surface area (TPSA) is 113 Å². The van der Waals surface area contributed by atoms with E-state index in [-0.39, 0.29) is 23.4 Å². The number of fused-ring (bicyclic) bond motifs is 2. The number of rotatable bonds is 3. The van der Waals surface area contributed by atoms with E-state index in [1.165, 1.54) is 17.1 Å². The maximum absolute atomic E-state index is 14.7. The molecule has 0 N–H and O–H groups in total. The molecule has 12 heteroatoms. The van der Waals surface area contributed by atoms with Crippen molar-refractivity contribution in [2.24, 2.45) is 0 Å². The molecule has 2 aromatic heterocycles. The van der Waals surface area contributed by atoms with Crippen molar-refractivity contribution in [2.45, 2.75) is 30.9 Å². The van der Waals surface area contributed by atoms with Gasteiger partial charge >= 0.3 is 0 Å². The first-order valence-electron chi connectivity index (χ1n) is 11.8. The van der Waals surface area contributed by atoms with Crippen LogP contribution in [0.4, 0.5) is 8.78 Å². The van der Waals surface area contributed by atoms with Gasteiger partial charge in [0.1, 0.15) is 29.6 Å². The van der Waals surface area contributed by atoms with Crippen LogP contribution in [0.1, 0.15) is 40.7 Å². The first kappa shape index (κ1) is 22.6. The summed E-state index contributed by atoms with van der Waals surface area (Å²) in [4.78, 5) is 22.0. The standard InChI is InChI=1S/C24H22F2N8O2/c25-20-4-3-17(23(26)18(20)8-27)21-11-32-5-6-33(10-15(32)12-36-21)24(35)16-2-1-14-7-22(28-9-19(14)16)34-13-29-30-31-34/h3-4,7,9,13,15-16,21H,1-2,5-6,10-12H2/t15-,16?,21+/m1/s1. The van der Waals surface area contributed by atoms with Crippen LogP contribution in [0.2, 0.25) is 0 Å². The Morgan fingerprint density at radius 3 is 2.89 bits per heavy atom. The number of morpholine rings is 1. The number of hydrogen-bond donors (Lipinski definition) is 0. The number of ether oxygens (including phenoxy) is 1. The van der Waals surface area contributed by atoms with Gasteiger partial charge in [0, 0.05) is 37.9 Å². The molecule has 0 bridgehead atoms. The first-order chi connectivity index (χ1) is 17.5. The summed E-state index contributed by atoms with van der Waals surface area (Å²) < 4.78 is 35.8. The number of nitriles is 1. The zero-order chi connectivity index (χ0) is 24.8. The molecule has 0 saturated carbocycles. The third-order valence-corrected chi connectivity index (χ3v) is 7.36. The number of benzene rings is 1. The van der Waals surface area contributed by atoms with E-state index in [2.05, 4.69) is 25.4 Å². The summed E-state index contributed by atoms with van der Waals surface area (Å²) in [7, 11) is 0. The Morgan fingerprint density at radius 1 is 1.19 bits per heavy atom. The maximum Gasteiger partial charge on any atom is 0.230 e. The summed E-state index contributed by atoms with van der Waals surface area (Å²) in [5, 5.41) is 20.2. The number of carbonyl (C=O) groups excluding carboxylic acids is 1. The van der Waals surface area contributed by atoms with Crippen molar-refractivity contribution in [2.75, 3.05) is 32.8 Å². The van der Waals surface area contributed by atoms with Crippen LogP contribution in [-0.4, -0.2) is 79.7 Å². The number of pyridine rings is 1. The van der Waals surface area contributed by atoms with E-state index in [1.807, 2.05) is 11.0 Å². The van der Waals surface area contributed by atoms with Gasteiger partial charge in [-0.1, -0.05) is 6.07 Å². The van der Waals surface area contributed by atoms with Crippen molar-refractivity contribution >= 4 is 5.91 Å². The molecule has 1 amide bonds. The number of amides is 1. The SMILES string of the molecule is N#Cc1c(F)ccc([C@@H]2CN3CCN(C(=O)C4CCc5cc(-n6cnnn6)ncc54)C[C@@H]3CO2)c1F. The average Bonchev–Trinajstić information content (AvgIpc) is 3.58. The van der Waals surface area contributed by atoms with Gasteiger partial charge in [-0.15, -0.1) is 5.10 Å². The quantitative estimate of drug-likeness (QED) is 0.541. The number of halogens is 2. The number of carbonyl (C=O) groups is 1. The smallest absolute Gasteiger partial charge is 0.230 e. The van der Waals surface area contributed by atoms with Crippen LogP contribution in [-0.2, 0) is 16.0 Å². The van der Waals surface area contributed by atoms with Crippen LogP contribution >= 0.6 is 0 Å². The Labute approximate surface area is 205 Å². The minimum Gasteiger partial charge on any atom is -0.370 e. The van der Waals surface area contributed by atoms with Crippen molar-refractivity contribution in [1.82, 2.24) is 35.0 Å². The second-order valence-corrected chi connectivity index (χ2v) is 9.28. The van der Waals surface area contributed by atoms with Crippen LogP contribution < -0.4 is 0 Å². The second-order valence-electron chi connectivity index (χ2n) is 9.28. The van der Waals surface area contributed by atoms with Gasteiger partial charge in [-0.25, -0.2) is 13.8 Å². The molecule has 2 saturated heterocycles. The number of hydrogen-bond acceptors (Lipinski definition) is 8. The Kier molecular flexibility index (Phi) is 5.66. The van der Waals surface area contributed by atoms with Crippen LogP contribution in [0.25, 0.3) is 5.82 Å². The molecule has 0 radical (unpaired) electrons. The number of nitrogens with zero attached hydrogens (tertiary/aromatic N) is 8. The molecule has 4 heterocycles. The minimum atomic E-state index is -0.880. The van der Waals surface area contributed by atoms with Gasteiger partial charge < -0.3 is 9.64 Å². The normalized spacial score (nSPS) is 23.7. The zero-order valence-electron chi connectivity index (χ0n) is 19.2. The Balaban J connectivity index is 1.12. The molecule has 3 aliphatic rings. The highest BCUT2D eigenvalue weighted by molar-refractivity contribution is 5.85. The fraction of sp³-hybridized carbons (Fsp3) is 0.417. The van der Waals surface area contributed by atoms with E-state index in [1.54, 1.807) is 12.3 Å². The summed E-state index contributed by atoms with van der Waals surface area (Å²) in [5.41, 5.74) is 1.61. The molecule has 3 atom stereocenters. The highest BCUT2D eigenvalue weighted by Crippen LogP contribution is 2.36. The molecule has 1 unspecified atom stereocenters. The van der Waals surface area contributed by atoms with Crippen molar-refractivity contribution < 1.29 is 18.3 Å². The van der Waals surface area contributed by atoms with Gasteiger partial charge in [-0.05, 0) is 46.5 Å².